The van der Waals surface area contributed by atoms with Gasteiger partial charge in [0.15, 0.2) is 4.99 Å². The SMILES string of the molecule is C[Si](C)(C)C#CC(=S)Nc1cccc(Cl)c1. The third-order valence-electron chi connectivity index (χ3n) is 1.63. The number of halogens is 1. The van der Waals surface area contributed by atoms with Crippen LogP contribution in [0.25, 0.3) is 0 Å². The summed E-state index contributed by atoms with van der Waals surface area (Å²) in [6, 6.07) is 7.43. The van der Waals surface area contributed by atoms with E-state index in [0.29, 0.717) is 10.0 Å². The number of hydrogen-bond acceptors (Lipinski definition) is 1. The summed E-state index contributed by atoms with van der Waals surface area (Å²) in [4.78, 5) is 0.546. The average molecular weight is 268 g/mol. The van der Waals surface area contributed by atoms with E-state index in [4.69, 9.17) is 23.8 Å². The summed E-state index contributed by atoms with van der Waals surface area (Å²) in [5.74, 6) is 2.98. The largest absolute Gasteiger partial charge is 0.339 e. The molecule has 0 aliphatic carbocycles. The normalized spacial score (nSPS) is 10.2. The van der Waals surface area contributed by atoms with Crippen LogP contribution in [0.5, 0.6) is 0 Å². The van der Waals surface area contributed by atoms with E-state index in [2.05, 4.69) is 36.4 Å². The van der Waals surface area contributed by atoms with Crippen LogP contribution < -0.4 is 5.32 Å². The molecule has 1 aromatic rings. The molecule has 0 saturated carbocycles. The molecule has 1 rings (SSSR count). The Morgan fingerprint density at radius 1 is 1.38 bits per heavy atom. The lowest BCUT2D eigenvalue weighted by atomic mass is 10.3. The second-order valence-corrected chi connectivity index (χ2v) is 10.1. The van der Waals surface area contributed by atoms with Crippen LogP contribution in [-0.4, -0.2) is 13.1 Å². The zero-order valence-electron chi connectivity index (χ0n) is 9.60. The molecule has 0 aliphatic rings. The molecule has 1 N–H and O–H groups in total. The van der Waals surface area contributed by atoms with Gasteiger partial charge in [-0.25, -0.2) is 0 Å². The van der Waals surface area contributed by atoms with Crippen LogP contribution in [-0.2, 0) is 0 Å². The first-order valence-corrected chi connectivity index (χ1v) is 9.25. The molecule has 0 saturated heterocycles. The summed E-state index contributed by atoms with van der Waals surface area (Å²) in [7, 11) is -1.36. The van der Waals surface area contributed by atoms with Crippen LogP contribution in [0.3, 0.4) is 0 Å². The molecule has 0 aliphatic heterocycles. The number of anilines is 1. The lowest BCUT2D eigenvalue weighted by Crippen LogP contribution is -2.18. The molecule has 0 atom stereocenters. The fourth-order valence-electron chi connectivity index (χ4n) is 0.973. The Hall–Kier alpha value is -0.823. The third-order valence-corrected chi connectivity index (χ3v) is 2.95. The first kappa shape index (κ1) is 13.2. The summed E-state index contributed by atoms with van der Waals surface area (Å²) in [6.07, 6.45) is 0. The minimum atomic E-state index is -1.36. The highest BCUT2D eigenvalue weighted by Gasteiger charge is 2.07. The molecule has 0 aromatic heterocycles. The number of nitrogens with one attached hydrogen (secondary N) is 1. The van der Waals surface area contributed by atoms with Crippen molar-refractivity contribution in [2.24, 2.45) is 0 Å². The minimum absolute atomic E-state index is 0.546. The Kier molecular flexibility index (Phi) is 4.54. The van der Waals surface area contributed by atoms with Crippen molar-refractivity contribution in [3.8, 4) is 11.5 Å². The van der Waals surface area contributed by atoms with Crippen LogP contribution in [0.15, 0.2) is 24.3 Å². The monoisotopic (exact) mass is 267 g/mol. The van der Waals surface area contributed by atoms with Gasteiger partial charge in [0.05, 0.1) is 0 Å². The van der Waals surface area contributed by atoms with E-state index in [-0.39, 0.29) is 0 Å². The zero-order valence-corrected chi connectivity index (χ0v) is 12.2. The smallest absolute Gasteiger partial charge is 0.154 e. The molecule has 0 fully saturated rings. The van der Waals surface area contributed by atoms with Gasteiger partial charge in [0, 0.05) is 10.7 Å². The van der Waals surface area contributed by atoms with E-state index in [9.17, 15) is 0 Å². The van der Waals surface area contributed by atoms with Crippen molar-refractivity contribution in [1.29, 1.82) is 0 Å². The van der Waals surface area contributed by atoms with Crippen molar-refractivity contribution < 1.29 is 0 Å². The molecule has 0 bridgehead atoms. The number of rotatable bonds is 1. The van der Waals surface area contributed by atoms with E-state index in [1.54, 1.807) is 0 Å². The van der Waals surface area contributed by atoms with Gasteiger partial charge in [-0.3, -0.25) is 0 Å². The van der Waals surface area contributed by atoms with Crippen LogP contribution in [0.4, 0.5) is 5.69 Å². The third kappa shape index (κ3) is 5.31. The lowest BCUT2D eigenvalue weighted by Gasteiger charge is -2.05. The van der Waals surface area contributed by atoms with E-state index in [1.165, 1.54) is 0 Å². The van der Waals surface area contributed by atoms with E-state index in [1.807, 2.05) is 24.3 Å². The summed E-state index contributed by atoms with van der Waals surface area (Å²) in [5, 5.41) is 3.74. The van der Waals surface area contributed by atoms with Crippen molar-refractivity contribution in [3.63, 3.8) is 0 Å². The molecule has 0 amide bonds. The predicted molar refractivity (Wildman–Crippen MR) is 78.8 cm³/mol. The molecular formula is C12H14ClNSSi. The van der Waals surface area contributed by atoms with E-state index >= 15 is 0 Å². The summed E-state index contributed by atoms with van der Waals surface area (Å²) in [6.45, 7) is 6.55. The first-order valence-electron chi connectivity index (χ1n) is 4.96. The zero-order chi connectivity index (χ0) is 12.2. The van der Waals surface area contributed by atoms with Crippen LogP contribution in [0.1, 0.15) is 0 Å². The van der Waals surface area contributed by atoms with Crippen molar-refractivity contribution in [2.75, 3.05) is 5.32 Å². The number of benzene rings is 1. The number of hydrogen-bond donors (Lipinski definition) is 1. The molecule has 1 aromatic carbocycles. The van der Waals surface area contributed by atoms with Gasteiger partial charge in [-0.15, -0.1) is 5.54 Å². The molecule has 0 heterocycles. The van der Waals surface area contributed by atoms with Gasteiger partial charge in [-0.1, -0.05) is 49.5 Å². The molecule has 16 heavy (non-hydrogen) atoms. The highest BCUT2D eigenvalue weighted by atomic mass is 35.5. The van der Waals surface area contributed by atoms with Crippen molar-refractivity contribution in [2.45, 2.75) is 19.6 Å². The van der Waals surface area contributed by atoms with E-state index in [0.717, 1.165) is 5.69 Å². The van der Waals surface area contributed by atoms with Crippen LogP contribution in [0.2, 0.25) is 24.7 Å². The lowest BCUT2D eigenvalue weighted by molar-refractivity contribution is 1.66. The maximum atomic E-state index is 5.87. The second kappa shape index (κ2) is 5.49. The molecule has 0 spiro atoms. The van der Waals surface area contributed by atoms with Gasteiger partial charge in [0.1, 0.15) is 8.07 Å². The topological polar surface area (TPSA) is 12.0 Å². The fraction of sp³-hybridized carbons (Fsp3) is 0.250. The molecule has 84 valence electrons. The maximum absolute atomic E-state index is 5.87. The van der Waals surface area contributed by atoms with Crippen LogP contribution >= 0.6 is 23.8 Å². The molecule has 4 heteroatoms. The molecule has 1 nitrogen and oxygen atoms in total. The highest BCUT2D eigenvalue weighted by Crippen LogP contribution is 2.14. The molecule has 0 radical (unpaired) electrons. The first-order chi connectivity index (χ1) is 7.37. The second-order valence-electron chi connectivity index (χ2n) is 4.46. The quantitative estimate of drug-likeness (QED) is 0.470. The van der Waals surface area contributed by atoms with Gasteiger partial charge < -0.3 is 5.32 Å². The molecule has 0 unspecified atom stereocenters. The standard InChI is InChI=1S/C12H14ClNSSi/c1-16(2,3)8-7-12(15)14-11-6-4-5-10(13)9-11/h4-6,9H,1-3H3,(H,14,15). The van der Waals surface area contributed by atoms with Gasteiger partial charge in [-0.05, 0) is 24.1 Å². The minimum Gasteiger partial charge on any atom is -0.339 e. The Balaban J connectivity index is 2.68. The Morgan fingerprint density at radius 3 is 2.62 bits per heavy atom. The average Bonchev–Trinajstić information content (AvgIpc) is 2.14. The highest BCUT2D eigenvalue weighted by molar-refractivity contribution is 7.81. The predicted octanol–water partition coefficient (Wildman–Crippen LogP) is 3.96. The van der Waals surface area contributed by atoms with Gasteiger partial charge >= 0.3 is 0 Å². The van der Waals surface area contributed by atoms with Crippen molar-refractivity contribution in [3.05, 3.63) is 29.3 Å². The van der Waals surface area contributed by atoms with Gasteiger partial charge in [0.2, 0.25) is 0 Å². The summed E-state index contributed by atoms with van der Waals surface area (Å²) in [5.41, 5.74) is 4.09. The maximum Gasteiger partial charge on any atom is 0.154 e. The fourth-order valence-corrected chi connectivity index (χ4v) is 1.92. The van der Waals surface area contributed by atoms with Crippen molar-refractivity contribution in [1.82, 2.24) is 0 Å². The number of thiocarbonyl (C=S) groups is 1. The Labute approximate surface area is 108 Å². The Morgan fingerprint density at radius 2 is 2.06 bits per heavy atom. The Bertz CT molecular complexity index is 454. The van der Waals surface area contributed by atoms with Gasteiger partial charge in [0.25, 0.3) is 0 Å². The van der Waals surface area contributed by atoms with Gasteiger partial charge in [-0.2, -0.15) is 0 Å². The van der Waals surface area contributed by atoms with E-state index < -0.39 is 8.07 Å². The van der Waals surface area contributed by atoms with Crippen LogP contribution in [0, 0.1) is 11.5 Å². The summed E-state index contributed by atoms with van der Waals surface area (Å²) < 4.78 is 0. The van der Waals surface area contributed by atoms with Crippen molar-refractivity contribution >= 4 is 42.6 Å². The summed E-state index contributed by atoms with van der Waals surface area (Å²) >= 11 is 11.0. The molecular weight excluding hydrogens is 254 g/mol.